The molecule has 4 aliphatic rings. The molecule has 4 aliphatic carbocycles. The SMILES string of the molecule is O=C(Nc1nc(C23CC4CC(CC(C4)C2)C3)cs1)c1ccc(COc2ccc(Cl)cc2Cl)cc1. The van der Waals surface area contributed by atoms with Crippen molar-refractivity contribution < 1.29 is 9.53 Å². The molecule has 0 spiro atoms. The van der Waals surface area contributed by atoms with Crippen LogP contribution in [0.4, 0.5) is 5.13 Å². The predicted molar refractivity (Wildman–Crippen MR) is 137 cm³/mol. The van der Waals surface area contributed by atoms with Crippen molar-refractivity contribution in [3.63, 3.8) is 0 Å². The zero-order valence-electron chi connectivity index (χ0n) is 18.7. The van der Waals surface area contributed by atoms with Crippen LogP contribution in [0, 0.1) is 17.8 Å². The number of anilines is 1. The summed E-state index contributed by atoms with van der Waals surface area (Å²) < 4.78 is 5.78. The van der Waals surface area contributed by atoms with Crippen LogP contribution in [0.5, 0.6) is 5.75 Å². The number of carbonyl (C=O) groups is 1. The summed E-state index contributed by atoms with van der Waals surface area (Å²) in [6.45, 7) is 0.351. The Morgan fingerprint density at radius 3 is 2.35 bits per heavy atom. The van der Waals surface area contributed by atoms with Gasteiger partial charge in [-0.25, -0.2) is 4.98 Å². The first-order valence-electron chi connectivity index (χ1n) is 11.9. The highest BCUT2D eigenvalue weighted by atomic mass is 35.5. The lowest BCUT2D eigenvalue weighted by molar-refractivity contribution is -0.00688. The number of nitrogens with one attached hydrogen (secondary N) is 1. The quantitative estimate of drug-likeness (QED) is 0.367. The van der Waals surface area contributed by atoms with Gasteiger partial charge in [0.05, 0.1) is 10.7 Å². The molecule has 4 saturated carbocycles. The lowest BCUT2D eigenvalue weighted by Crippen LogP contribution is -2.48. The van der Waals surface area contributed by atoms with E-state index in [0.717, 1.165) is 23.3 Å². The van der Waals surface area contributed by atoms with Crippen molar-refractivity contribution in [1.82, 2.24) is 4.98 Å². The summed E-state index contributed by atoms with van der Waals surface area (Å²) in [5, 5.41) is 6.93. The molecule has 1 N–H and O–H groups in total. The van der Waals surface area contributed by atoms with Gasteiger partial charge < -0.3 is 4.74 Å². The van der Waals surface area contributed by atoms with Crippen LogP contribution in [0.2, 0.25) is 10.0 Å². The molecule has 1 heterocycles. The van der Waals surface area contributed by atoms with Gasteiger partial charge in [0, 0.05) is 21.4 Å². The van der Waals surface area contributed by atoms with Gasteiger partial charge in [0.15, 0.2) is 5.13 Å². The Balaban J connectivity index is 1.09. The van der Waals surface area contributed by atoms with Gasteiger partial charge in [-0.05, 0) is 92.2 Å². The molecule has 4 fully saturated rings. The Kier molecular flexibility index (Phi) is 5.83. The van der Waals surface area contributed by atoms with E-state index >= 15 is 0 Å². The molecule has 4 nitrogen and oxygen atoms in total. The highest BCUT2D eigenvalue weighted by Gasteiger charge is 2.52. The largest absolute Gasteiger partial charge is 0.487 e. The third kappa shape index (κ3) is 4.34. The first kappa shape index (κ1) is 22.4. The number of hydrogen-bond acceptors (Lipinski definition) is 4. The van der Waals surface area contributed by atoms with Crippen molar-refractivity contribution in [2.45, 2.75) is 50.5 Å². The van der Waals surface area contributed by atoms with E-state index in [1.54, 1.807) is 29.5 Å². The van der Waals surface area contributed by atoms with Gasteiger partial charge in [-0.3, -0.25) is 10.1 Å². The maximum absolute atomic E-state index is 12.8. The van der Waals surface area contributed by atoms with E-state index in [1.165, 1.54) is 44.2 Å². The molecule has 0 unspecified atom stereocenters. The number of nitrogens with zero attached hydrogens (tertiary/aromatic N) is 1. The summed E-state index contributed by atoms with van der Waals surface area (Å²) in [4.78, 5) is 17.7. The number of carbonyl (C=O) groups excluding carboxylic acids is 1. The number of halogens is 2. The minimum Gasteiger partial charge on any atom is -0.487 e. The molecule has 0 atom stereocenters. The Bertz CT molecular complexity index is 1190. The maximum atomic E-state index is 12.8. The molecule has 2 aromatic carbocycles. The van der Waals surface area contributed by atoms with Crippen LogP contribution in [0.3, 0.4) is 0 Å². The van der Waals surface area contributed by atoms with E-state index in [1.807, 2.05) is 24.3 Å². The Labute approximate surface area is 213 Å². The second-order valence-corrected chi connectivity index (χ2v) is 12.0. The second kappa shape index (κ2) is 8.85. The van der Waals surface area contributed by atoms with Crippen LogP contribution < -0.4 is 10.1 Å². The van der Waals surface area contributed by atoms with E-state index in [-0.39, 0.29) is 11.3 Å². The Hall–Kier alpha value is -2.08. The van der Waals surface area contributed by atoms with Gasteiger partial charge in [-0.2, -0.15) is 0 Å². The fourth-order valence-electron chi connectivity index (χ4n) is 6.67. The molecule has 4 bridgehead atoms. The monoisotopic (exact) mass is 512 g/mol. The molecule has 7 heteroatoms. The van der Waals surface area contributed by atoms with Gasteiger partial charge in [0.1, 0.15) is 12.4 Å². The van der Waals surface area contributed by atoms with Crippen LogP contribution in [0.25, 0.3) is 0 Å². The van der Waals surface area contributed by atoms with Gasteiger partial charge in [0.25, 0.3) is 5.91 Å². The predicted octanol–water partition coefficient (Wildman–Crippen LogP) is 7.75. The number of benzene rings is 2. The molecule has 34 heavy (non-hydrogen) atoms. The van der Waals surface area contributed by atoms with Crippen molar-refractivity contribution in [3.8, 4) is 5.75 Å². The van der Waals surface area contributed by atoms with Crippen LogP contribution in [-0.2, 0) is 12.0 Å². The highest BCUT2D eigenvalue weighted by Crippen LogP contribution is 2.60. The van der Waals surface area contributed by atoms with E-state index in [0.29, 0.717) is 33.1 Å². The van der Waals surface area contributed by atoms with Gasteiger partial charge in [0.2, 0.25) is 0 Å². The molecule has 0 saturated heterocycles. The van der Waals surface area contributed by atoms with Gasteiger partial charge in [-0.15, -0.1) is 11.3 Å². The lowest BCUT2D eigenvalue weighted by Gasteiger charge is -2.56. The molecule has 0 aliphatic heterocycles. The summed E-state index contributed by atoms with van der Waals surface area (Å²) in [7, 11) is 0. The van der Waals surface area contributed by atoms with Crippen LogP contribution in [0.15, 0.2) is 47.8 Å². The topological polar surface area (TPSA) is 51.2 Å². The van der Waals surface area contributed by atoms with E-state index in [9.17, 15) is 4.79 Å². The molecule has 3 aromatic rings. The van der Waals surface area contributed by atoms with Crippen molar-refractivity contribution in [2.75, 3.05) is 5.32 Å². The number of hydrogen-bond donors (Lipinski definition) is 1. The molecule has 7 rings (SSSR count). The number of aromatic nitrogens is 1. The van der Waals surface area contributed by atoms with Crippen LogP contribution >= 0.6 is 34.5 Å². The highest BCUT2D eigenvalue weighted by molar-refractivity contribution is 7.14. The van der Waals surface area contributed by atoms with E-state index in [2.05, 4.69) is 10.7 Å². The zero-order chi connectivity index (χ0) is 23.3. The van der Waals surface area contributed by atoms with Crippen molar-refractivity contribution in [2.24, 2.45) is 17.8 Å². The number of ether oxygens (including phenoxy) is 1. The maximum Gasteiger partial charge on any atom is 0.257 e. The molecular formula is C27H26Cl2N2O2S. The third-order valence-electron chi connectivity index (χ3n) is 7.81. The van der Waals surface area contributed by atoms with Crippen LogP contribution in [-0.4, -0.2) is 10.9 Å². The molecular weight excluding hydrogens is 487 g/mol. The van der Waals surface area contributed by atoms with Gasteiger partial charge >= 0.3 is 0 Å². The molecule has 1 amide bonds. The second-order valence-electron chi connectivity index (χ2n) is 10.3. The standard InChI is InChI=1S/C27H26Cl2N2O2S/c28-21-5-6-23(22(29)10-21)33-14-16-1-3-20(4-2-16)25(32)31-26-30-24(15-34-26)27-11-17-7-18(12-27)9-19(8-17)13-27/h1-6,10,15,17-19H,7-9,11-14H2,(H,30,31,32). The van der Waals surface area contributed by atoms with Crippen molar-refractivity contribution in [3.05, 3.63) is 74.7 Å². The fraction of sp³-hybridized carbons (Fsp3) is 0.407. The fourth-order valence-corrected chi connectivity index (χ4v) is 7.97. The minimum atomic E-state index is -0.139. The Morgan fingerprint density at radius 1 is 1.03 bits per heavy atom. The summed E-state index contributed by atoms with van der Waals surface area (Å²) in [6, 6.07) is 12.5. The normalized spacial score (nSPS) is 27.1. The lowest BCUT2D eigenvalue weighted by atomic mass is 9.49. The van der Waals surface area contributed by atoms with Crippen LogP contribution in [0.1, 0.15) is 60.1 Å². The summed E-state index contributed by atoms with van der Waals surface area (Å²) in [6.07, 6.45) is 8.09. The number of amides is 1. The molecule has 1 aromatic heterocycles. The van der Waals surface area contributed by atoms with Crippen molar-refractivity contribution >= 4 is 45.6 Å². The molecule has 0 radical (unpaired) electrons. The minimum absolute atomic E-state index is 0.139. The summed E-state index contributed by atoms with van der Waals surface area (Å²) >= 11 is 13.6. The van der Waals surface area contributed by atoms with Gasteiger partial charge in [-0.1, -0.05) is 35.3 Å². The summed E-state index contributed by atoms with van der Waals surface area (Å²) in [5.74, 6) is 3.07. The number of rotatable bonds is 6. The first-order chi connectivity index (χ1) is 16.5. The summed E-state index contributed by atoms with van der Waals surface area (Å²) in [5.41, 5.74) is 3.00. The van der Waals surface area contributed by atoms with E-state index < -0.39 is 0 Å². The Morgan fingerprint density at radius 2 is 1.71 bits per heavy atom. The average Bonchev–Trinajstić information content (AvgIpc) is 3.27. The average molecular weight is 513 g/mol. The third-order valence-corrected chi connectivity index (χ3v) is 9.10. The molecule has 176 valence electrons. The first-order valence-corrected chi connectivity index (χ1v) is 13.5. The smallest absolute Gasteiger partial charge is 0.257 e. The number of thiazole rings is 1. The zero-order valence-corrected chi connectivity index (χ0v) is 21.1. The van der Waals surface area contributed by atoms with E-state index in [4.69, 9.17) is 32.9 Å². The van der Waals surface area contributed by atoms with Crippen molar-refractivity contribution in [1.29, 1.82) is 0 Å².